The lowest BCUT2D eigenvalue weighted by Gasteiger charge is -2.10. The van der Waals surface area contributed by atoms with Crippen molar-refractivity contribution in [1.82, 2.24) is 0 Å². The van der Waals surface area contributed by atoms with Gasteiger partial charge in [0.1, 0.15) is 11.5 Å². The highest BCUT2D eigenvalue weighted by Crippen LogP contribution is 2.25. The predicted molar refractivity (Wildman–Crippen MR) is 99.1 cm³/mol. The number of anilines is 1. The van der Waals surface area contributed by atoms with E-state index >= 15 is 0 Å². The number of sulfonamides is 1. The first kappa shape index (κ1) is 20.2. The highest BCUT2D eigenvalue weighted by molar-refractivity contribution is 7.92. The summed E-state index contributed by atoms with van der Waals surface area (Å²) in [6.07, 6.45) is 0.999. The van der Waals surface area contributed by atoms with Crippen molar-refractivity contribution in [2.75, 3.05) is 31.8 Å². The molecule has 2 aromatic carbocycles. The summed E-state index contributed by atoms with van der Waals surface area (Å²) in [6.45, 7) is -0.495. The van der Waals surface area contributed by atoms with Crippen molar-refractivity contribution in [1.29, 1.82) is 0 Å². The standard InChI is InChI=1S/C18H19NO7S/c1-24-14-7-8-15(17(10-14)25-2)16(20)11-26-18(21)12-5-4-6-13(9-12)19-27(3,22)23/h4-10,19H,11H2,1-3H3. The SMILES string of the molecule is COc1ccc(C(=O)COC(=O)c2cccc(NS(C)(=O)=O)c2)c(OC)c1. The Morgan fingerprint density at radius 3 is 2.41 bits per heavy atom. The van der Waals surface area contributed by atoms with Crippen LogP contribution in [0.15, 0.2) is 42.5 Å². The predicted octanol–water partition coefficient (Wildman–Crippen LogP) is 2.12. The second-order valence-corrected chi connectivity index (χ2v) is 7.27. The zero-order chi connectivity index (χ0) is 20.0. The van der Waals surface area contributed by atoms with E-state index in [1.54, 1.807) is 12.1 Å². The average Bonchev–Trinajstić information content (AvgIpc) is 2.64. The van der Waals surface area contributed by atoms with Gasteiger partial charge in [-0.1, -0.05) is 6.07 Å². The number of nitrogens with one attached hydrogen (secondary N) is 1. The molecule has 0 amide bonds. The second-order valence-electron chi connectivity index (χ2n) is 5.52. The summed E-state index contributed by atoms with van der Waals surface area (Å²) in [7, 11) is -0.570. The summed E-state index contributed by atoms with van der Waals surface area (Å²) < 4.78 is 40.1. The van der Waals surface area contributed by atoms with E-state index in [0.717, 1.165) is 6.26 Å². The van der Waals surface area contributed by atoms with E-state index in [9.17, 15) is 18.0 Å². The van der Waals surface area contributed by atoms with Gasteiger partial charge in [-0.05, 0) is 30.3 Å². The second kappa shape index (κ2) is 8.54. The lowest BCUT2D eigenvalue weighted by molar-refractivity contribution is 0.0474. The maximum absolute atomic E-state index is 12.3. The van der Waals surface area contributed by atoms with E-state index in [-0.39, 0.29) is 16.8 Å². The van der Waals surface area contributed by atoms with Gasteiger partial charge in [-0.2, -0.15) is 0 Å². The van der Waals surface area contributed by atoms with E-state index in [1.165, 1.54) is 44.6 Å². The Morgan fingerprint density at radius 2 is 1.78 bits per heavy atom. The van der Waals surface area contributed by atoms with Crippen LogP contribution in [0.25, 0.3) is 0 Å². The van der Waals surface area contributed by atoms with Crippen LogP contribution in [0.2, 0.25) is 0 Å². The Balaban J connectivity index is 2.07. The van der Waals surface area contributed by atoms with Crippen molar-refractivity contribution >= 4 is 27.5 Å². The normalized spacial score (nSPS) is 10.8. The Hall–Kier alpha value is -3.07. The molecular weight excluding hydrogens is 374 g/mol. The third-order valence-corrected chi connectivity index (χ3v) is 4.05. The van der Waals surface area contributed by atoms with E-state index in [1.807, 2.05) is 0 Å². The summed E-state index contributed by atoms with van der Waals surface area (Å²) in [6, 6.07) is 10.4. The number of hydrogen-bond acceptors (Lipinski definition) is 7. The van der Waals surface area contributed by atoms with E-state index < -0.39 is 28.4 Å². The van der Waals surface area contributed by atoms with Crippen LogP contribution < -0.4 is 14.2 Å². The van der Waals surface area contributed by atoms with Crippen LogP contribution in [0, 0.1) is 0 Å². The molecular formula is C18H19NO7S. The smallest absolute Gasteiger partial charge is 0.338 e. The Morgan fingerprint density at radius 1 is 1.04 bits per heavy atom. The van der Waals surface area contributed by atoms with Crippen molar-refractivity contribution in [3.63, 3.8) is 0 Å². The fraction of sp³-hybridized carbons (Fsp3) is 0.222. The van der Waals surface area contributed by atoms with Crippen LogP contribution in [-0.2, 0) is 14.8 Å². The lowest BCUT2D eigenvalue weighted by Crippen LogP contribution is -2.15. The molecule has 0 spiro atoms. The van der Waals surface area contributed by atoms with Crippen LogP contribution in [0.1, 0.15) is 20.7 Å². The van der Waals surface area contributed by atoms with Gasteiger partial charge in [0.05, 0.1) is 31.6 Å². The van der Waals surface area contributed by atoms with Crippen molar-refractivity contribution in [3.05, 3.63) is 53.6 Å². The zero-order valence-electron chi connectivity index (χ0n) is 15.0. The van der Waals surface area contributed by atoms with Crippen molar-refractivity contribution < 1.29 is 32.2 Å². The van der Waals surface area contributed by atoms with Crippen molar-refractivity contribution in [2.45, 2.75) is 0 Å². The molecule has 0 radical (unpaired) electrons. The maximum atomic E-state index is 12.3. The average molecular weight is 393 g/mol. The minimum Gasteiger partial charge on any atom is -0.497 e. The fourth-order valence-corrected chi connectivity index (χ4v) is 2.80. The van der Waals surface area contributed by atoms with E-state index in [2.05, 4.69) is 4.72 Å². The summed E-state index contributed by atoms with van der Waals surface area (Å²) >= 11 is 0. The number of ketones is 1. The summed E-state index contributed by atoms with van der Waals surface area (Å²) in [5, 5.41) is 0. The molecule has 8 nitrogen and oxygen atoms in total. The number of rotatable bonds is 8. The van der Waals surface area contributed by atoms with Gasteiger partial charge in [-0.3, -0.25) is 9.52 Å². The Labute approximate surface area is 157 Å². The van der Waals surface area contributed by atoms with E-state index in [4.69, 9.17) is 14.2 Å². The minimum absolute atomic E-state index is 0.109. The number of esters is 1. The maximum Gasteiger partial charge on any atom is 0.338 e. The topological polar surface area (TPSA) is 108 Å². The quantitative estimate of drug-likeness (QED) is 0.540. The lowest BCUT2D eigenvalue weighted by atomic mass is 10.1. The van der Waals surface area contributed by atoms with Gasteiger partial charge in [-0.15, -0.1) is 0 Å². The molecule has 0 aliphatic heterocycles. The number of methoxy groups -OCH3 is 2. The molecule has 144 valence electrons. The number of hydrogen-bond donors (Lipinski definition) is 1. The fourth-order valence-electron chi connectivity index (χ4n) is 2.24. The highest BCUT2D eigenvalue weighted by atomic mass is 32.2. The van der Waals surface area contributed by atoms with Crippen molar-refractivity contribution in [2.24, 2.45) is 0 Å². The molecule has 0 heterocycles. The largest absolute Gasteiger partial charge is 0.497 e. The molecule has 2 rings (SSSR count). The molecule has 0 bridgehead atoms. The molecule has 0 aliphatic carbocycles. The molecule has 0 saturated heterocycles. The van der Waals surface area contributed by atoms with Crippen molar-refractivity contribution in [3.8, 4) is 11.5 Å². The molecule has 0 atom stereocenters. The Kier molecular flexibility index (Phi) is 6.40. The molecule has 2 aromatic rings. The Bertz CT molecular complexity index is 954. The van der Waals surface area contributed by atoms with E-state index in [0.29, 0.717) is 11.5 Å². The van der Waals surface area contributed by atoms with Crippen LogP contribution in [0.5, 0.6) is 11.5 Å². The first-order chi connectivity index (χ1) is 12.7. The molecule has 9 heteroatoms. The van der Waals surface area contributed by atoms with Gasteiger partial charge in [0, 0.05) is 11.8 Å². The molecule has 0 fully saturated rings. The molecule has 0 unspecified atom stereocenters. The number of carbonyl (C=O) groups excluding carboxylic acids is 2. The van der Waals surface area contributed by atoms with Crippen LogP contribution >= 0.6 is 0 Å². The number of ether oxygens (including phenoxy) is 3. The third-order valence-electron chi connectivity index (χ3n) is 3.44. The van der Waals surface area contributed by atoms with Crippen LogP contribution in [-0.4, -0.2) is 47.3 Å². The van der Waals surface area contributed by atoms with Gasteiger partial charge < -0.3 is 14.2 Å². The van der Waals surface area contributed by atoms with Crippen LogP contribution in [0.3, 0.4) is 0 Å². The summed E-state index contributed by atoms with van der Waals surface area (Å²) in [4.78, 5) is 24.5. The molecule has 1 N–H and O–H groups in total. The molecule has 0 aromatic heterocycles. The first-order valence-electron chi connectivity index (χ1n) is 7.73. The molecule has 0 saturated carbocycles. The van der Waals surface area contributed by atoms with Crippen LogP contribution in [0.4, 0.5) is 5.69 Å². The number of benzene rings is 2. The molecule has 27 heavy (non-hydrogen) atoms. The van der Waals surface area contributed by atoms with Gasteiger partial charge >= 0.3 is 5.97 Å². The minimum atomic E-state index is -3.48. The van der Waals surface area contributed by atoms with Gasteiger partial charge in [-0.25, -0.2) is 13.2 Å². The van der Waals surface area contributed by atoms with Gasteiger partial charge in [0.25, 0.3) is 0 Å². The summed E-state index contributed by atoms with van der Waals surface area (Å²) in [5.41, 5.74) is 0.576. The summed E-state index contributed by atoms with van der Waals surface area (Å²) in [5.74, 6) is -0.383. The monoisotopic (exact) mass is 393 g/mol. The zero-order valence-corrected chi connectivity index (χ0v) is 15.8. The van der Waals surface area contributed by atoms with Gasteiger partial charge in [0.2, 0.25) is 15.8 Å². The molecule has 0 aliphatic rings. The first-order valence-corrected chi connectivity index (χ1v) is 9.63. The number of carbonyl (C=O) groups is 2. The van der Waals surface area contributed by atoms with Gasteiger partial charge in [0.15, 0.2) is 6.61 Å². The third kappa shape index (κ3) is 5.71. The number of Topliss-reactive ketones (excluding diaryl/α,β-unsaturated/α-hetero) is 1. The highest BCUT2D eigenvalue weighted by Gasteiger charge is 2.17.